The molecule has 3 rings (SSSR count). The summed E-state index contributed by atoms with van der Waals surface area (Å²) in [6.45, 7) is 1.79. The van der Waals surface area contributed by atoms with E-state index in [0.717, 1.165) is 24.8 Å². The first-order valence-corrected chi connectivity index (χ1v) is 6.64. The Morgan fingerprint density at radius 3 is 2.67 bits per heavy atom. The van der Waals surface area contributed by atoms with Gasteiger partial charge in [0.15, 0.2) is 5.78 Å². The Morgan fingerprint density at radius 2 is 2.06 bits per heavy atom. The molecule has 2 saturated carbocycles. The predicted molar refractivity (Wildman–Crippen MR) is 67.8 cm³/mol. The first-order valence-electron chi connectivity index (χ1n) is 6.64. The summed E-state index contributed by atoms with van der Waals surface area (Å²) in [6.07, 6.45) is 3.38. The Bertz CT molecular complexity index is 497. The number of benzene rings is 1. The Kier molecular flexibility index (Phi) is 2.74. The first kappa shape index (κ1) is 11.8. The highest BCUT2D eigenvalue weighted by Gasteiger charge is 2.49. The molecule has 0 radical (unpaired) electrons. The van der Waals surface area contributed by atoms with E-state index in [1.807, 2.05) is 0 Å². The van der Waals surface area contributed by atoms with Crippen LogP contribution in [0.2, 0.25) is 0 Å². The first-order chi connectivity index (χ1) is 8.58. The fourth-order valence-electron chi connectivity index (χ4n) is 3.81. The number of ketones is 1. The minimum absolute atomic E-state index is 0.000651. The second kappa shape index (κ2) is 4.16. The summed E-state index contributed by atoms with van der Waals surface area (Å²) in [5, 5.41) is 0. The van der Waals surface area contributed by atoms with Crippen molar-refractivity contribution < 1.29 is 9.18 Å². The maximum atomic E-state index is 13.1. The van der Waals surface area contributed by atoms with E-state index in [4.69, 9.17) is 5.73 Å². The molecule has 2 fully saturated rings. The third-order valence-electron chi connectivity index (χ3n) is 4.74. The standard InChI is InChI=1S/C15H18FNO/c1-8-6-11(16)4-5-12(8)15(18)13-9-2-3-10(7-9)14(13)17/h4-6,9-10,13-14H,2-3,7,17H2,1H3. The lowest BCUT2D eigenvalue weighted by molar-refractivity contribution is 0.0855. The Hall–Kier alpha value is -1.22. The lowest BCUT2D eigenvalue weighted by Crippen LogP contribution is -2.40. The number of halogens is 1. The van der Waals surface area contributed by atoms with Crippen LogP contribution in [0, 0.1) is 30.5 Å². The molecule has 0 saturated heterocycles. The Balaban J connectivity index is 1.91. The van der Waals surface area contributed by atoms with Crippen LogP contribution in [0.15, 0.2) is 18.2 Å². The van der Waals surface area contributed by atoms with Gasteiger partial charge in [-0.05, 0) is 61.8 Å². The highest BCUT2D eigenvalue weighted by molar-refractivity contribution is 6.00. The van der Waals surface area contributed by atoms with Gasteiger partial charge in [0.25, 0.3) is 0 Å². The summed E-state index contributed by atoms with van der Waals surface area (Å²) in [5.74, 6) is 0.744. The van der Waals surface area contributed by atoms with Crippen molar-refractivity contribution in [1.29, 1.82) is 0 Å². The van der Waals surface area contributed by atoms with Crippen LogP contribution in [0.4, 0.5) is 4.39 Å². The molecule has 2 nitrogen and oxygen atoms in total. The normalized spacial score (nSPS) is 33.9. The number of hydrogen-bond acceptors (Lipinski definition) is 2. The molecule has 4 atom stereocenters. The molecule has 0 heterocycles. The molecule has 2 N–H and O–H groups in total. The zero-order chi connectivity index (χ0) is 12.9. The van der Waals surface area contributed by atoms with Gasteiger partial charge in [0.05, 0.1) is 0 Å². The fraction of sp³-hybridized carbons (Fsp3) is 0.533. The predicted octanol–water partition coefficient (Wildman–Crippen LogP) is 2.69. The monoisotopic (exact) mass is 247 g/mol. The number of fused-ring (bicyclic) bond motifs is 2. The molecule has 1 aromatic carbocycles. The van der Waals surface area contributed by atoms with Gasteiger partial charge in [0.1, 0.15) is 5.82 Å². The van der Waals surface area contributed by atoms with E-state index in [9.17, 15) is 9.18 Å². The van der Waals surface area contributed by atoms with Crippen LogP contribution >= 0.6 is 0 Å². The number of carbonyl (C=O) groups excluding carboxylic acids is 1. The summed E-state index contributed by atoms with van der Waals surface area (Å²) in [7, 11) is 0. The van der Waals surface area contributed by atoms with E-state index in [-0.39, 0.29) is 23.6 Å². The molecule has 0 aliphatic heterocycles. The third kappa shape index (κ3) is 1.69. The lowest BCUT2D eigenvalue weighted by Gasteiger charge is -2.27. The quantitative estimate of drug-likeness (QED) is 0.816. The van der Waals surface area contributed by atoms with E-state index in [0.29, 0.717) is 17.4 Å². The fourth-order valence-corrected chi connectivity index (χ4v) is 3.81. The molecular weight excluding hydrogens is 229 g/mol. The maximum Gasteiger partial charge on any atom is 0.168 e. The number of nitrogens with two attached hydrogens (primary N) is 1. The molecule has 4 unspecified atom stereocenters. The second-order valence-electron chi connectivity index (χ2n) is 5.76. The van der Waals surface area contributed by atoms with Crippen LogP contribution in [-0.4, -0.2) is 11.8 Å². The minimum Gasteiger partial charge on any atom is -0.327 e. The van der Waals surface area contributed by atoms with Crippen molar-refractivity contribution in [2.24, 2.45) is 23.5 Å². The topological polar surface area (TPSA) is 43.1 Å². The van der Waals surface area contributed by atoms with E-state index < -0.39 is 0 Å². The molecule has 3 heteroatoms. The Labute approximate surface area is 106 Å². The molecule has 0 spiro atoms. The van der Waals surface area contributed by atoms with Crippen molar-refractivity contribution in [3.63, 3.8) is 0 Å². The molecule has 2 aliphatic carbocycles. The van der Waals surface area contributed by atoms with Crippen molar-refractivity contribution in [1.82, 2.24) is 0 Å². The van der Waals surface area contributed by atoms with Gasteiger partial charge in [-0.2, -0.15) is 0 Å². The summed E-state index contributed by atoms with van der Waals surface area (Å²) in [5.41, 5.74) is 7.55. The van der Waals surface area contributed by atoms with Crippen molar-refractivity contribution >= 4 is 5.78 Å². The van der Waals surface area contributed by atoms with Crippen molar-refractivity contribution in [2.75, 3.05) is 0 Å². The molecule has 2 aliphatic rings. The summed E-state index contributed by atoms with van der Waals surface area (Å²) < 4.78 is 13.1. The van der Waals surface area contributed by atoms with Gasteiger partial charge in [-0.15, -0.1) is 0 Å². The van der Waals surface area contributed by atoms with Crippen LogP contribution in [0.25, 0.3) is 0 Å². The number of aryl methyl sites for hydroxylation is 1. The highest BCUT2D eigenvalue weighted by atomic mass is 19.1. The van der Waals surface area contributed by atoms with Crippen LogP contribution in [0.1, 0.15) is 35.2 Å². The second-order valence-corrected chi connectivity index (χ2v) is 5.76. The van der Waals surface area contributed by atoms with Gasteiger partial charge in [0.2, 0.25) is 0 Å². The van der Waals surface area contributed by atoms with Gasteiger partial charge >= 0.3 is 0 Å². The number of Topliss-reactive ketones (excluding diaryl/α,β-unsaturated/α-hetero) is 1. The van der Waals surface area contributed by atoms with Crippen molar-refractivity contribution in [3.05, 3.63) is 35.1 Å². The molecule has 0 aromatic heterocycles. The molecule has 18 heavy (non-hydrogen) atoms. The zero-order valence-corrected chi connectivity index (χ0v) is 10.5. The smallest absolute Gasteiger partial charge is 0.168 e. The van der Waals surface area contributed by atoms with Gasteiger partial charge in [0, 0.05) is 17.5 Å². The Morgan fingerprint density at radius 1 is 1.33 bits per heavy atom. The van der Waals surface area contributed by atoms with Crippen LogP contribution < -0.4 is 5.73 Å². The number of rotatable bonds is 2. The van der Waals surface area contributed by atoms with Crippen molar-refractivity contribution in [3.8, 4) is 0 Å². The molecule has 96 valence electrons. The van der Waals surface area contributed by atoms with Crippen LogP contribution in [0.5, 0.6) is 0 Å². The van der Waals surface area contributed by atoms with E-state index in [1.165, 1.54) is 12.1 Å². The maximum absolute atomic E-state index is 13.1. The number of hydrogen-bond donors (Lipinski definition) is 1. The average Bonchev–Trinajstić information content (AvgIpc) is 2.88. The summed E-state index contributed by atoms with van der Waals surface area (Å²) in [6, 6.07) is 4.39. The molecule has 2 bridgehead atoms. The van der Waals surface area contributed by atoms with Crippen LogP contribution in [-0.2, 0) is 0 Å². The van der Waals surface area contributed by atoms with Crippen molar-refractivity contribution in [2.45, 2.75) is 32.2 Å². The summed E-state index contributed by atoms with van der Waals surface area (Å²) in [4.78, 5) is 12.6. The zero-order valence-electron chi connectivity index (χ0n) is 10.5. The molecule has 0 amide bonds. The van der Waals surface area contributed by atoms with E-state index in [2.05, 4.69) is 0 Å². The average molecular weight is 247 g/mol. The van der Waals surface area contributed by atoms with Crippen LogP contribution in [0.3, 0.4) is 0 Å². The van der Waals surface area contributed by atoms with Gasteiger partial charge < -0.3 is 5.73 Å². The van der Waals surface area contributed by atoms with Gasteiger partial charge in [-0.1, -0.05) is 0 Å². The summed E-state index contributed by atoms with van der Waals surface area (Å²) >= 11 is 0. The lowest BCUT2D eigenvalue weighted by atomic mass is 9.79. The third-order valence-corrected chi connectivity index (χ3v) is 4.74. The molecule has 1 aromatic rings. The largest absolute Gasteiger partial charge is 0.327 e. The highest BCUT2D eigenvalue weighted by Crippen LogP contribution is 2.48. The van der Waals surface area contributed by atoms with E-state index in [1.54, 1.807) is 13.0 Å². The molecular formula is C15H18FNO. The van der Waals surface area contributed by atoms with E-state index >= 15 is 0 Å². The van der Waals surface area contributed by atoms with Gasteiger partial charge in [-0.25, -0.2) is 4.39 Å². The number of carbonyl (C=O) groups is 1. The minimum atomic E-state index is -0.290. The van der Waals surface area contributed by atoms with Gasteiger partial charge in [-0.3, -0.25) is 4.79 Å². The SMILES string of the molecule is Cc1cc(F)ccc1C(=O)C1C2CCC(C2)C1N.